The van der Waals surface area contributed by atoms with Gasteiger partial charge in [-0.25, -0.2) is 0 Å². The Bertz CT molecular complexity index is 426. The summed E-state index contributed by atoms with van der Waals surface area (Å²) in [6.45, 7) is 0. The minimum atomic E-state index is -0.479. The molecular weight excluding hydrogens is 370 g/mol. The third kappa shape index (κ3) is 2.25. The summed E-state index contributed by atoms with van der Waals surface area (Å²) in [7, 11) is 0. The zero-order valence-electron chi connectivity index (χ0n) is 6.76. The van der Waals surface area contributed by atoms with Crippen LogP contribution < -0.4 is 0 Å². The number of benzene rings is 1. The van der Waals surface area contributed by atoms with Crippen LogP contribution in [0, 0.1) is 0 Å². The zero-order chi connectivity index (χ0) is 9.26. The SMILES string of the molecule is Clc1ccc2scc([CH2][In][Br])c2c1. The first-order valence-corrected chi connectivity index (χ1v) is 14.9. The molecule has 4 heteroatoms. The van der Waals surface area contributed by atoms with Gasteiger partial charge in [-0.3, -0.25) is 0 Å². The van der Waals surface area contributed by atoms with E-state index in [9.17, 15) is 0 Å². The van der Waals surface area contributed by atoms with E-state index in [2.05, 4.69) is 29.8 Å². The molecule has 2 aromatic rings. The van der Waals surface area contributed by atoms with Crippen LogP contribution in [-0.2, 0) is 4.18 Å². The topological polar surface area (TPSA) is 0 Å². The molecule has 0 amide bonds. The first-order valence-electron chi connectivity index (χ1n) is 3.89. The van der Waals surface area contributed by atoms with Crippen LogP contribution in [0.15, 0.2) is 23.6 Å². The Hall–Kier alpha value is 0.820. The summed E-state index contributed by atoms with van der Waals surface area (Å²) in [4.78, 5) is 0. The number of hydrogen-bond acceptors (Lipinski definition) is 1. The van der Waals surface area contributed by atoms with Crippen LogP contribution in [0.1, 0.15) is 5.56 Å². The summed E-state index contributed by atoms with van der Waals surface area (Å²) >= 11 is 10.9. The summed E-state index contributed by atoms with van der Waals surface area (Å²) in [6, 6.07) is 6.14. The molecule has 13 heavy (non-hydrogen) atoms. The van der Waals surface area contributed by atoms with Crippen molar-refractivity contribution in [1.82, 2.24) is 0 Å². The Morgan fingerprint density at radius 2 is 2.31 bits per heavy atom. The van der Waals surface area contributed by atoms with Gasteiger partial charge < -0.3 is 0 Å². The second-order valence-corrected chi connectivity index (χ2v) is 10.5. The van der Waals surface area contributed by atoms with E-state index in [1.54, 1.807) is 0 Å². The van der Waals surface area contributed by atoms with Crippen molar-refractivity contribution in [1.29, 1.82) is 0 Å². The van der Waals surface area contributed by atoms with Gasteiger partial charge in [0.15, 0.2) is 0 Å². The van der Waals surface area contributed by atoms with Gasteiger partial charge in [0.25, 0.3) is 0 Å². The quantitative estimate of drug-likeness (QED) is 0.741. The van der Waals surface area contributed by atoms with Gasteiger partial charge in [-0.2, -0.15) is 0 Å². The monoisotopic (exact) mass is 375 g/mol. The van der Waals surface area contributed by atoms with Crippen molar-refractivity contribution in [3.8, 4) is 0 Å². The van der Waals surface area contributed by atoms with E-state index < -0.39 is 20.6 Å². The van der Waals surface area contributed by atoms with E-state index in [1.807, 2.05) is 17.4 Å². The summed E-state index contributed by atoms with van der Waals surface area (Å²) in [5.41, 5.74) is 1.47. The molecule has 1 heterocycles. The Morgan fingerprint density at radius 3 is 3.08 bits per heavy atom. The molecule has 0 N–H and O–H groups in total. The molecule has 0 spiro atoms. The van der Waals surface area contributed by atoms with Crippen molar-refractivity contribution in [3.63, 3.8) is 0 Å². The number of fused-ring (bicyclic) bond motifs is 1. The maximum atomic E-state index is 5.96. The molecule has 1 radical (unpaired) electrons. The van der Waals surface area contributed by atoms with Crippen molar-refractivity contribution < 1.29 is 0 Å². The molecule has 0 aliphatic carbocycles. The van der Waals surface area contributed by atoms with Crippen LogP contribution in [0.3, 0.4) is 0 Å². The van der Waals surface area contributed by atoms with Gasteiger partial charge >= 0.3 is 104 Å². The molecule has 0 aliphatic heterocycles. The fourth-order valence-corrected chi connectivity index (χ4v) is 6.69. The normalized spacial score (nSPS) is 10.6. The van der Waals surface area contributed by atoms with E-state index >= 15 is 0 Å². The van der Waals surface area contributed by atoms with E-state index in [0.29, 0.717) is 0 Å². The summed E-state index contributed by atoms with van der Waals surface area (Å²) in [5.74, 6) is 0. The van der Waals surface area contributed by atoms with Crippen LogP contribution in [0.2, 0.25) is 5.02 Å². The fraction of sp³-hybridized carbons (Fsp3) is 0.111. The number of rotatable bonds is 2. The van der Waals surface area contributed by atoms with Crippen molar-refractivity contribution in [2.45, 2.75) is 4.18 Å². The van der Waals surface area contributed by atoms with Gasteiger partial charge in [-0.1, -0.05) is 0 Å². The predicted molar refractivity (Wildman–Crippen MR) is 65.2 cm³/mol. The van der Waals surface area contributed by atoms with E-state index in [0.717, 1.165) is 5.02 Å². The van der Waals surface area contributed by atoms with Gasteiger partial charge in [-0.15, -0.1) is 0 Å². The first-order chi connectivity index (χ1) is 6.31. The maximum absolute atomic E-state index is 5.96. The standard InChI is InChI=1S/C9H6ClS.BrH.In/c1-6-5-11-9-3-2-7(10)4-8(6)9;;/h2-5H,1H2;1H;/q;;+1/p-1. The van der Waals surface area contributed by atoms with Gasteiger partial charge in [0, 0.05) is 0 Å². The van der Waals surface area contributed by atoms with Crippen LogP contribution in [-0.4, -0.2) is 20.6 Å². The van der Waals surface area contributed by atoms with Gasteiger partial charge in [-0.05, 0) is 0 Å². The van der Waals surface area contributed by atoms with Crippen LogP contribution in [0.5, 0.6) is 0 Å². The van der Waals surface area contributed by atoms with Gasteiger partial charge in [0.05, 0.1) is 0 Å². The average molecular weight is 376 g/mol. The second kappa shape index (κ2) is 4.56. The predicted octanol–water partition coefficient (Wildman–Crippen LogP) is 4.07. The third-order valence-electron chi connectivity index (χ3n) is 1.91. The molecule has 1 aromatic heterocycles. The average Bonchev–Trinajstić information content (AvgIpc) is 2.49. The first kappa shape index (κ1) is 10.3. The molecule has 2 rings (SSSR count). The minimum absolute atomic E-state index is 0.479. The fourth-order valence-electron chi connectivity index (χ4n) is 1.30. The Labute approximate surface area is 103 Å². The Kier molecular flexibility index (Phi) is 3.63. The molecule has 0 saturated heterocycles. The Balaban J connectivity index is 2.58. The number of hydrogen-bond donors (Lipinski definition) is 0. The molecule has 0 unspecified atom stereocenters. The molecular formula is C9H6BrClInS. The summed E-state index contributed by atoms with van der Waals surface area (Å²) in [5, 5.41) is 4.45. The van der Waals surface area contributed by atoms with Crippen molar-refractivity contribution in [3.05, 3.63) is 34.2 Å². The number of thiophene rings is 1. The van der Waals surface area contributed by atoms with E-state index in [4.69, 9.17) is 11.6 Å². The molecule has 0 fully saturated rings. The van der Waals surface area contributed by atoms with Crippen molar-refractivity contribution >= 4 is 65.9 Å². The van der Waals surface area contributed by atoms with E-state index in [-0.39, 0.29) is 0 Å². The summed E-state index contributed by atoms with van der Waals surface area (Å²) in [6.07, 6.45) is 0. The molecule has 0 aliphatic rings. The van der Waals surface area contributed by atoms with Crippen LogP contribution in [0.4, 0.5) is 0 Å². The van der Waals surface area contributed by atoms with Crippen LogP contribution in [0.25, 0.3) is 10.1 Å². The molecule has 0 nitrogen and oxygen atoms in total. The summed E-state index contributed by atoms with van der Waals surface area (Å²) < 4.78 is 2.61. The van der Waals surface area contributed by atoms with Crippen LogP contribution >= 0.6 is 35.2 Å². The third-order valence-corrected chi connectivity index (χ3v) is 7.03. The zero-order valence-corrected chi connectivity index (χ0v) is 13.2. The second-order valence-electron chi connectivity index (χ2n) is 2.76. The van der Waals surface area contributed by atoms with Crippen molar-refractivity contribution in [2.24, 2.45) is 0 Å². The molecule has 65 valence electrons. The van der Waals surface area contributed by atoms with Gasteiger partial charge in [0.1, 0.15) is 0 Å². The van der Waals surface area contributed by atoms with E-state index in [1.165, 1.54) is 19.8 Å². The molecule has 0 atom stereocenters. The number of halogens is 2. The molecule has 1 aromatic carbocycles. The van der Waals surface area contributed by atoms with Gasteiger partial charge in [0.2, 0.25) is 0 Å². The Morgan fingerprint density at radius 1 is 1.46 bits per heavy atom. The van der Waals surface area contributed by atoms with Crippen molar-refractivity contribution in [2.75, 3.05) is 0 Å². The molecule has 0 saturated carbocycles. The molecule has 0 bridgehead atoms.